The molecule has 1 aromatic carbocycles. The largest absolute Gasteiger partial charge is 0.497 e. The number of methoxy groups -OCH3 is 1. The summed E-state index contributed by atoms with van der Waals surface area (Å²) in [6, 6.07) is 4.72. The van der Waals surface area contributed by atoms with Gasteiger partial charge in [0.25, 0.3) is 10.0 Å². The van der Waals surface area contributed by atoms with Gasteiger partial charge in [0, 0.05) is 12.6 Å². The van der Waals surface area contributed by atoms with Crippen molar-refractivity contribution in [2.75, 3.05) is 25.2 Å². The number of aliphatic hydroxyl groups is 1. The summed E-state index contributed by atoms with van der Waals surface area (Å²) in [5.41, 5.74) is 0.495. The standard InChI is InChI=1S/C10H12N2O4S/c1-16-8-2-3-9-10(6-8)17(14,15)11-7-12(9)4-5-13/h2-3,6-7,13H,4-5H2,1H3. The first-order valence-corrected chi connectivity index (χ1v) is 6.38. The van der Waals surface area contributed by atoms with Crippen molar-refractivity contribution in [3.63, 3.8) is 0 Å². The quantitative estimate of drug-likeness (QED) is 0.837. The Morgan fingerprint density at radius 1 is 1.47 bits per heavy atom. The van der Waals surface area contributed by atoms with Crippen LogP contribution in [0.5, 0.6) is 5.75 Å². The summed E-state index contributed by atoms with van der Waals surface area (Å²) >= 11 is 0. The third kappa shape index (κ3) is 2.11. The number of β-amino-alcohol motifs (C(OH)–C–C–N with tert-alkyl or cyclic N) is 1. The van der Waals surface area contributed by atoms with Gasteiger partial charge in [-0.05, 0) is 12.1 Å². The van der Waals surface area contributed by atoms with E-state index >= 15 is 0 Å². The molecule has 0 radical (unpaired) electrons. The highest BCUT2D eigenvalue weighted by Crippen LogP contribution is 2.32. The Kier molecular flexibility index (Phi) is 3.03. The first-order chi connectivity index (χ1) is 8.08. The van der Waals surface area contributed by atoms with Crippen molar-refractivity contribution in [2.24, 2.45) is 4.40 Å². The van der Waals surface area contributed by atoms with Gasteiger partial charge in [0.05, 0.1) is 19.4 Å². The summed E-state index contributed by atoms with van der Waals surface area (Å²) in [6.45, 7) is 0.204. The summed E-state index contributed by atoms with van der Waals surface area (Å²) in [7, 11) is -2.20. The topological polar surface area (TPSA) is 79.2 Å². The molecule has 6 nitrogen and oxygen atoms in total. The summed E-state index contributed by atoms with van der Waals surface area (Å²) < 4.78 is 32.0. The smallest absolute Gasteiger partial charge is 0.285 e. The van der Waals surface area contributed by atoms with E-state index in [1.807, 2.05) is 0 Å². The Balaban J connectivity index is 2.56. The molecule has 1 aliphatic heterocycles. The van der Waals surface area contributed by atoms with Crippen LogP contribution in [0, 0.1) is 0 Å². The van der Waals surface area contributed by atoms with Gasteiger partial charge in [-0.2, -0.15) is 8.42 Å². The third-order valence-electron chi connectivity index (χ3n) is 2.42. The first kappa shape index (κ1) is 11.9. The van der Waals surface area contributed by atoms with E-state index in [2.05, 4.69) is 4.40 Å². The maximum Gasteiger partial charge on any atom is 0.285 e. The molecular weight excluding hydrogens is 244 g/mol. The van der Waals surface area contributed by atoms with E-state index in [0.717, 1.165) is 0 Å². The molecule has 0 spiro atoms. The molecule has 1 heterocycles. The number of rotatable bonds is 3. The number of fused-ring (bicyclic) bond motifs is 1. The van der Waals surface area contributed by atoms with Gasteiger partial charge in [0.1, 0.15) is 17.0 Å². The fraction of sp³-hybridized carbons (Fsp3) is 0.300. The zero-order valence-corrected chi connectivity index (χ0v) is 10.0. The third-order valence-corrected chi connectivity index (χ3v) is 3.68. The molecule has 2 rings (SSSR count). The highest BCUT2D eigenvalue weighted by Gasteiger charge is 2.25. The lowest BCUT2D eigenvalue weighted by molar-refractivity contribution is 0.306. The number of sulfonamides is 1. The van der Waals surface area contributed by atoms with E-state index in [1.54, 1.807) is 17.0 Å². The minimum Gasteiger partial charge on any atom is -0.497 e. The molecular formula is C10H12N2O4S. The van der Waals surface area contributed by atoms with Crippen LogP contribution < -0.4 is 9.64 Å². The second-order valence-electron chi connectivity index (χ2n) is 3.45. The molecule has 92 valence electrons. The van der Waals surface area contributed by atoms with Crippen molar-refractivity contribution in [1.82, 2.24) is 0 Å². The molecule has 17 heavy (non-hydrogen) atoms. The van der Waals surface area contributed by atoms with Crippen LogP contribution in [0.3, 0.4) is 0 Å². The minimum absolute atomic E-state index is 0.0858. The molecule has 0 amide bonds. The monoisotopic (exact) mass is 256 g/mol. The van der Waals surface area contributed by atoms with E-state index in [-0.39, 0.29) is 11.5 Å². The Labute approximate surface area is 99.2 Å². The van der Waals surface area contributed by atoms with Crippen molar-refractivity contribution in [2.45, 2.75) is 4.90 Å². The van der Waals surface area contributed by atoms with Crippen LogP contribution in [-0.4, -0.2) is 40.1 Å². The van der Waals surface area contributed by atoms with E-state index < -0.39 is 10.0 Å². The Morgan fingerprint density at radius 2 is 2.24 bits per heavy atom. The fourth-order valence-corrected chi connectivity index (χ4v) is 2.66. The molecule has 0 atom stereocenters. The zero-order chi connectivity index (χ0) is 12.5. The Bertz CT molecular complexity index is 553. The number of benzene rings is 1. The van der Waals surface area contributed by atoms with Gasteiger partial charge in [-0.15, -0.1) is 4.40 Å². The first-order valence-electron chi connectivity index (χ1n) is 4.94. The molecule has 1 N–H and O–H groups in total. The average molecular weight is 256 g/mol. The number of aliphatic hydroxyl groups excluding tert-OH is 1. The summed E-state index contributed by atoms with van der Waals surface area (Å²) in [6.07, 6.45) is 1.21. The van der Waals surface area contributed by atoms with Crippen molar-refractivity contribution < 1.29 is 18.3 Å². The maximum absolute atomic E-state index is 11.7. The lowest BCUT2D eigenvalue weighted by Gasteiger charge is -2.24. The van der Waals surface area contributed by atoms with Crippen molar-refractivity contribution in [3.8, 4) is 5.75 Å². The molecule has 0 unspecified atom stereocenters. The lowest BCUT2D eigenvalue weighted by Crippen LogP contribution is -2.29. The molecule has 0 aliphatic carbocycles. The predicted molar refractivity (Wildman–Crippen MR) is 63.1 cm³/mol. The van der Waals surface area contributed by atoms with E-state index in [4.69, 9.17) is 9.84 Å². The molecule has 0 bridgehead atoms. The molecule has 0 aromatic heterocycles. The van der Waals surface area contributed by atoms with Crippen LogP contribution in [0.25, 0.3) is 0 Å². The Morgan fingerprint density at radius 3 is 2.88 bits per heavy atom. The Hall–Kier alpha value is -1.60. The van der Waals surface area contributed by atoms with Crippen LogP contribution >= 0.6 is 0 Å². The van der Waals surface area contributed by atoms with Gasteiger partial charge in [0.15, 0.2) is 0 Å². The predicted octanol–water partition coefficient (Wildman–Crippen LogP) is 0.224. The fourth-order valence-electron chi connectivity index (χ4n) is 1.59. The summed E-state index contributed by atoms with van der Waals surface area (Å²) in [5, 5.41) is 8.90. The molecule has 1 aliphatic rings. The SMILES string of the molecule is COc1ccc2c(c1)S(=O)(=O)N=CN2CCO. The molecule has 0 fully saturated rings. The minimum atomic E-state index is -3.66. The van der Waals surface area contributed by atoms with E-state index in [1.165, 1.54) is 19.5 Å². The second-order valence-corrected chi connectivity index (χ2v) is 5.05. The average Bonchev–Trinajstić information content (AvgIpc) is 2.33. The van der Waals surface area contributed by atoms with Gasteiger partial charge >= 0.3 is 0 Å². The maximum atomic E-state index is 11.7. The van der Waals surface area contributed by atoms with Gasteiger partial charge < -0.3 is 14.7 Å². The van der Waals surface area contributed by atoms with E-state index in [0.29, 0.717) is 18.0 Å². The number of nitrogens with zero attached hydrogens (tertiary/aromatic N) is 2. The normalized spacial score (nSPS) is 16.7. The van der Waals surface area contributed by atoms with Crippen LogP contribution in [0.4, 0.5) is 5.69 Å². The number of anilines is 1. The van der Waals surface area contributed by atoms with Crippen LogP contribution in [0.15, 0.2) is 27.5 Å². The molecule has 0 saturated carbocycles. The lowest BCUT2D eigenvalue weighted by atomic mass is 10.2. The second kappa shape index (κ2) is 4.34. The van der Waals surface area contributed by atoms with E-state index in [9.17, 15) is 8.42 Å². The summed E-state index contributed by atoms with van der Waals surface area (Å²) in [4.78, 5) is 1.67. The highest BCUT2D eigenvalue weighted by molar-refractivity contribution is 7.90. The zero-order valence-electron chi connectivity index (χ0n) is 9.20. The van der Waals surface area contributed by atoms with Gasteiger partial charge in [0.2, 0.25) is 0 Å². The van der Waals surface area contributed by atoms with Gasteiger partial charge in [-0.1, -0.05) is 0 Å². The van der Waals surface area contributed by atoms with Crippen molar-refractivity contribution in [1.29, 1.82) is 0 Å². The number of hydrogen-bond donors (Lipinski definition) is 1. The van der Waals surface area contributed by atoms with Gasteiger partial charge in [-0.25, -0.2) is 0 Å². The van der Waals surface area contributed by atoms with Crippen molar-refractivity contribution in [3.05, 3.63) is 18.2 Å². The van der Waals surface area contributed by atoms with Crippen LogP contribution in [0.1, 0.15) is 0 Å². The van der Waals surface area contributed by atoms with Gasteiger partial charge in [-0.3, -0.25) is 0 Å². The number of ether oxygens (including phenoxy) is 1. The molecule has 0 saturated heterocycles. The molecule has 7 heteroatoms. The van der Waals surface area contributed by atoms with Crippen LogP contribution in [-0.2, 0) is 10.0 Å². The molecule has 1 aromatic rings. The summed E-state index contributed by atoms with van der Waals surface area (Å²) in [5.74, 6) is 0.452. The van der Waals surface area contributed by atoms with Crippen LogP contribution in [0.2, 0.25) is 0 Å². The number of hydrogen-bond acceptors (Lipinski definition) is 5. The van der Waals surface area contributed by atoms with Crippen molar-refractivity contribution >= 4 is 22.0 Å². The highest BCUT2D eigenvalue weighted by atomic mass is 32.2.